The molecule has 0 saturated heterocycles. The molecule has 1 aromatic rings. The van der Waals surface area contributed by atoms with Gasteiger partial charge in [-0.15, -0.1) is 0 Å². The number of aryl methyl sites for hydroxylation is 1. The van der Waals surface area contributed by atoms with E-state index in [9.17, 15) is 13.2 Å². The van der Waals surface area contributed by atoms with Gasteiger partial charge >= 0.3 is 0 Å². The second-order valence-corrected chi connectivity index (χ2v) is 8.56. The number of hydrogen-bond donors (Lipinski definition) is 3. The lowest BCUT2D eigenvalue weighted by Crippen LogP contribution is -2.46. The third-order valence-electron chi connectivity index (χ3n) is 4.92. The van der Waals surface area contributed by atoms with Crippen molar-refractivity contribution in [1.82, 2.24) is 4.72 Å². The molecule has 1 amide bonds. The monoisotopic (exact) mass is 363 g/mol. The van der Waals surface area contributed by atoms with Crippen LogP contribution in [0.1, 0.15) is 37.7 Å². The lowest BCUT2D eigenvalue weighted by Gasteiger charge is -2.17. The summed E-state index contributed by atoms with van der Waals surface area (Å²) in [4.78, 5) is 12.6. The topological polar surface area (TPSA) is 101 Å². The number of amides is 1. The van der Waals surface area contributed by atoms with Crippen molar-refractivity contribution in [3.63, 3.8) is 0 Å². The van der Waals surface area contributed by atoms with Crippen molar-refractivity contribution in [3.8, 4) is 0 Å². The first-order valence-corrected chi connectivity index (χ1v) is 10.2. The van der Waals surface area contributed by atoms with Gasteiger partial charge in [-0.2, -0.15) is 0 Å². The Bertz CT molecular complexity index is 804. The van der Waals surface area contributed by atoms with Gasteiger partial charge in [0.1, 0.15) is 10.4 Å². The molecule has 0 radical (unpaired) electrons. The zero-order valence-electron chi connectivity index (χ0n) is 14.4. The van der Waals surface area contributed by atoms with Crippen LogP contribution in [-0.2, 0) is 14.8 Å². The molecule has 136 valence electrons. The summed E-state index contributed by atoms with van der Waals surface area (Å²) >= 11 is 0. The van der Waals surface area contributed by atoms with Crippen molar-refractivity contribution in [2.45, 2.75) is 49.5 Å². The fraction of sp³-hybridized carbons (Fsp3) is 0.500. The van der Waals surface area contributed by atoms with E-state index >= 15 is 0 Å². The first-order chi connectivity index (χ1) is 11.8. The van der Waals surface area contributed by atoms with Crippen LogP contribution in [0.5, 0.6) is 0 Å². The van der Waals surface area contributed by atoms with Gasteiger partial charge in [0.05, 0.1) is 5.69 Å². The molecule has 0 unspecified atom stereocenters. The minimum atomic E-state index is -3.99. The molecule has 0 aromatic heterocycles. The molecule has 1 fully saturated rings. The summed E-state index contributed by atoms with van der Waals surface area (Å²) in [5.74, 6) is -0.728. The number of carbonyl (C=O) groups is 1. The maximum atomic E-state index is 12.8. The third kappa shape index (κ3) is 3.72. The van der Waals surface area contributed by atoms with Gasteiger partial charge in [0.25, 0.3) is 15.9 Å². The van der Waals surface area contributed by atoms with Crippen LogP contribution in [0.4, 0.5) is 5.69 Å². The third-order valence-corrected chi connectivity index (χ3v) is 6.45. The van der Waals surface area contributed by atoms with E-state index in [4.69, 9.17) is 5.73 Å². The van der Waals surface area contributed by atoms with Gasteiger partial charge in [-0.05, 0) is 44.2 Å². The quantitative estimate of drug-likeness (QED) is 0.613. The molecule has 6 nitrogen and oxygen atoms in total. The van der Waals surface area contributed by atoms with Gasteiger partial charge in [-0.25, -0.2) is 13.1 Å². The summed E-state index contributed by atoms with van der Waals surface area (Å²) in [6, 6.07) is 5.25. The predicted octanol–water partition coefficient (Wildman–Crippen LogP) is 2.06. The number of carbonyl (C=O) groups excluding carboxylic acids is 1. The molecular weight excluding hydrogens is 338 g/mol. The summed E-state index contributed by atoms with van der Waals surface area (Å²) in [6.45, 7) is 2.41. The highest BCUT2D eigenvalue weighted by molar-refractivity contribution is 7.90. The molecule has 2 aliphatic rings. The lowest BCUT2D eigenvalue weighted by atomic mass is 10.1. The minimum Gasteiger partial charge on any atom is -0.384 e. The zero-order valence-corrected chi connectivity index (χ0v) is 15.2. The molecule has 3 rings (SSSR count). The second-order valence-electron chi connectivity index (χ2n) is 6.94. The standard InChI is InChI=1S/C18H25N3O3S/c1-13-8-7-10-15-16(13)25(23,24)21-17(22)18(19)12-14(18)9-5-3-2-4-6-11-20-15/h5,7-10,14,20H,2-4,6,11-12,19H2,1H3,(H,21,22)/b9-5-/t14-,18-/m1/s1. The van der Waals surface area contributed by atoms with E-state index < -0.39 is 21.5 Å². The maximum absolute atomic E-state index is 12.8. The number of sulfonamides is 1. The number of anilines is 1. The van der Waals surface area contributed by atoms with Crippen molar-refractivity contribution in [3.05, 3.63) is 35.9 Å². The van der Waals surface area contributed by atoms with E-state index in [1.54, 1.807) is 25.1 Å². The minimum absolute atomic E-state index is 0.0951. The number of allylic oxidation sites excluding steroid dienone is 1. The van der Waals surface area contributed by atoms with Crippen molar-refractivity contribution in [2.75, 3.05) is 11.9 Å². The number of nitrogens with two attached hydrogens (primary N) is 1. The van der Waals surface area contributed by atoms with Crippen LogP contribution in [-0.4, -0.2) is 26.4 Å². The van der Waals surface area contributed by atoms with Gasteiger partial charge in [-0.3, -0.25) is 4.79 Å². The van der Waals surface area contributed by atoms with Crippen LogP contribution >= 0.6 is 0 Å². The zero-order chi connectivity index (χ0) is 18.1. The normalized spacial score (nSPS) is 30.5. The van der Waals surface area contributed by atoms with Crippen LogP contribution in [0.3, 0.4) is 0 Å². The smallest absolute Gasteiger partial charge is 0.266 e. The Morgan fingerprint density at radius 2 is 2.04 bits per heavy atom. The molecule has 0 bridgehead atoms. The van der Waals surface area contributed by atoms with Crippen LogP contribution in [0.15, 0.2) is 35.2 Å². The van der Waals surface area contributed by atoms with E-state index in [-0.39, 0.29) is 10.8 Å². The molecule has 0 spiro atoms. The average molecular weight is 363 g/mol. The highest BCUT2D eigenvalue weighted by atomic mass is 32.2. The fourth-order valence-electron chi connectivity index (χ4n) is 3.27. The van der Waals surface area contributed by atoms with Crippen molar-refractivity contribution in [1.29, 1.82) is 0 Å². The Balaban J connectivity index is 1.94. The summed E-state index contributed by atoms with van der Waals surface area (Å²) in [6.07, 6.45) is 8.49. The van der Waals surface area contributed by atoms with Crippen LogP contribution in [0.25, 0.3) is 0 Å². The average Bonchev–Trinajstić information content (AvgIpc) is 3.20. The lowest BCUT2D eigenvalue weighted by molar-refractivity contribution is -0.121. The van der Waals surface area contributed by atoms with E-state index in [0.29, 0.717) is 24.2 Å². The Kier molecular flexibility index (Phi) is 4.88. The Labute approximate surface area is 148 Å². The van der Waals surface area contributed by atoms with Gasteiger partial charge < -0.3 is 11.1 Å². The van der Waals surface area contributed by atoms with E-state index in [1.807, 2.05) is 12.2 Å². The molecule has 1 saturated carbocycles. The first kappa shape index (κ1) is 17.9. The number of benzene rings is 1. The van der Waals surface area contributed by atoms with E-state index in [2.05, 4.69) is 10.0 Å². The highest BCUT2D eigenvalue weighted by Crippen LogP contribution is 2.43. The number of hydrogen-bond acceptors (Lipinski definition) is 5. The van der Waals surface area contributed by atoms with Gasteiger partial charge in [0.2, 0.25) is 0 Å². The van der Waals surface area contributed by atoms with Crippen LogP contribution in [0, 0.1) is 12.8 Å². The Hall–Kier alpha value is -1.86. The Morgan fingerprint density at radius 1 is 1.24 bits per heavy atom. The second kappa shape index (κ2) is 6.80. The molecule has 1 aliphatic carbocycles. The summed E-state index contributed by atoms with van der Waals surface area (Å²) in [5, 5.41) is 3.20. The molecule has 1 heterocycles. The highest BCUT2D eigenvalue weighted by Gasteiger charge is 2.56. The SMILES string of the molecule is Cc1cccc2c1S(=O)(=O)NC(=O)[C@@]1(N)C[C@H]1/C=C\CCCCCN2. The van der Waals surface area contributed by atoms with Crippen LogP contribution < -0.4 is 15.8 Å². The van der Waals surface area contributed by atoms with Crippen LogP contribution in [0.2, 0.25) is 0 Å². The predicted molar refractivity (Wildman–Crippen MR) is 97.6 cm³/mol. The van der Waals surface area contributed by atoms with Crippen molar-refractivity contribution < 1.29 is 13.2 Å². The Morgan fingerprint density at radius 3 is 2.84 bits per heavy atom. The van der Waals surface area contributed by atoms with Gasteiger partial charge in [-0.1, -0.05) is 30.7 Å². The molecule has 7 heteroatoms. The van der Waals surface area contributed by atoms with Crippen molar-refractivity contribution >= 4 is 21.6 Å². The molecule has 1 aliphatic heterocycles. The number of fused-ring (bicyclic) bond motifs is 2. The van der Waals surface area contributed by atoms with E-state index in [0.717, 1.165) is 25.7 Å². The van der Waals surface area contributed by atoms with Crippen molar-refractivity contribution in [2.24, 2.45) is 11.7 Å². The molecule has 25 heavy (non-hydrogen) atoms. The van der Waals surface area contributed by atoms with Gasteiger partial charge in [0, 0.05) is 12.5 Å². The fourth-order valence-corrected chi connectivity index (χ4v) is 4.73. The molecular formula is C18H25N3O3S. The van der Waals surface area contributed by atoms with Gasteiger partial charge in [0.15, 0.2) is 0 Å². The summed E-state index contributed by atoms with van der Waals surface area (Å²) < 4.78 is 27.8. The largest absolute Gasteiger partial charge is 0.384 e. The first-order valence-electron chi connectivity index (χ1n) is 8.71. The number of nitrogens with one attached hydrogen (secondary N) is 2. The molecule has 1 aromatic carbocycles. The van der Waals surface area contributed by atoms with E-state index in [1.165, 1.54) is 0 Å². The molecule has 4 N–H and O–H groups in total. The summed E-state index contributed by atoms with van der Waals surface area (Å²) in [5.41, 5.74) is 6.10. The molecule has 2 atom stereocenters. The maximum Gasteiger partial charge on any atom is 0.266 e. The number of rotatable bonds is 0. The summed E-state index contributed by atoms with van der Waals surface area (Å²) in [7, 11) is -3.99.